The lowest BCUT2D eigenvalue weighted by Crippen LogP contribution is -2.47. The van der Waals surface area contributed by atoms with Gasteiger partial charge in [-0.25, -0.2) is 15.0 Å². The molecular weight excluding hydrogens is 423 g/mol. The topological polar surface area (TPSA) is 45.2 Å². The van der Waals surface area contributed by atoms with E-state index in [9.17, 15) is 13.2 Å². The van der Waals surface area contributed by atoms with Crippen molar-refractivity contribution in [1.82, 2.24) is 15.0 Å². The molecule has 3 aromatic rings. The zero-order valence-electron chi connectivity index (χ0n) is 14.1. The molecule has 27 heavy (non-hydrogen) atoms. The number of hydrogen-bond donors (Lipinski definition) is 0. The van der Waals surface area contributed by atoms with Gasteiger partial charge in [0.25, 0.3) is 0 Å². The van der Waals surface area contributed by atoms with E-state index >= 15 is 0 Å². The highest BCUT2D eigenvalue weighted by molar-refractivity contribution is 9.10. The Balaban J connectivity index is 1.68. The van der Waals surface area contributed by atoms with Crippen molar-refractivity contribution < 1.29 is 13.2 Å². The number of benzene rings is 1. The predicted molar refractivity (Wildman–Crippen MR) is 101 cm³/mol. The van der Waals surface area contributed by atoms with Gasteiger partial charge >= 0.3 is 6.18 Å². The van der Waals surface area contributed by atoms with Crippen molar-refractivity contribution >= 4 is 38.5 Å². The van der Waals surface area contributed by atoms with Crippen LogP contribution in [0.25, 0.3) is 10.9 Å². The fourth-order valence-electron chi connectivity index (χ4n) is 3.14. The number of piperazine rings is 1. The second-order valence-corrected chi connectivity index (χ2v) is 7.11. The Morgan fingerprint density at radius 3 is 2.33 bits per heavy atom. The van der Waals surface area contributed by atoms with E-state index in [4.69, 9.17) is 0 Å². The minimum Gasteiger partial charge on any atom is -0.353 e. The molecule has 3 heterocycles. The maximum Gasteiger partial charge on any atom is 0.451 e. The Kier molecular flexibility index (Phi) is 4.63. The molecule has 0 radical (unpaired) electrons. The summed E-state index contributed by atoms with van der Waals surface area (Å²) >= 11 is 3.38. The average Bonchev–Trinajstić information content (AvgIpc) is 2.67. The minimum atomic E-state index is -4.59. The molecule has 0 N–H and O–H groups in total. The summed E-state index contributed by atoms with van der Waals surface area (Å²) in [6.07, 6.45) is -2.86. The normalized spacial score (nSPS) is 15.4. The molecule has 0 unspecified atom stereocenters. The highest BCUT2D eigenvalue weighted by atomic mass is 79.9. The molecular formula is C18H15BrF3N5. The van der Waals surface area contributed by atoms with Gasteiger partial charge in [-0.2, -0.15) is 13.2 Å². The van der Waals surface area contributed by atoms with Gasteiger partial charge in [-0.1, -0.05) is 22.0 Å². The van der Waals surface area contributed by atoms with Gasteiger partial charge in [-0.3, -0.25) is 0 Å². The van der Waals surface area contributed by atoms with Crippen LogP contribution in [0.15, 0.2) is 47.1 Å². The number of hydrogen-bond acceptors (Lipinski definition) is 5. The van der Waals surface area contributed by atoms with E-state index in [0.29, 0.717) is 37.4 Å². The lowest BCUT2D eigenvalue weighted by molar-refractivity contribution is -0.144. The average molecular weight is 438 g/mol. The van der Waals surface area contributed by atoms with Crippen LogP contribution < -0.4 is 9.80 Å². The van der Waals surface area contributed by atoms with Gasteiger partial charge in [-0.05, 0) is 30.3 Å². The molecule has 0 amide bonds. The van der Waals surface area contributed by atoms with Crippen LogP contribution >= 0.6 is 15.9 Å². The summed E-state index contributed by atoms with van der Waals surface area (Å²) in [4.78, 5) is 15.9. The summed E-state index contributed by atoms with van der Waals surface area (Å²) in [5.74, 6) is 0.0668. The first-order valence-corrected chi connectivity index (χ1v) is 9.16. The van der Waals surface area contributed by atoms with Crippen LogP contribution in [0, 0.1) is 0 Å². The minimum absolute atomic E-state index is 0.280. The summed E-state index contributed by atoms with van der Waals surface area (Å²) in [5, 5.41) is 0.601. The standard InChI is InChI=1S/C18H15BrF3N5/c19-12-4-5-14-13(11-12)16(25-17(24-14)18(20,21)22)27-9-7-26(8-10-27)15-3-1-2-6-23-15/h1-6,11H,7-10H2. The zero-order chi connectivity index (χ0) is 19.0. The van der Waals surface area contributed by atoms with Crippen molar-refractivity contribution in [2.75, 3.05) is 36.0 Å². The molecule has 1 aromatic carbocycles. The second kappa shape index (κ2) is 6.95. The molecule has 140 valence electrons. The van der Waals surface area contributed by atoms with Crippen LogP contribution in [0.2, 0.25) is 0 Å². The molecule has 5 nitrogen and oxygen atoms in total. The number of nitrogens with zero attached hydrogens (tertiary/aromatic N) is 5. The fraction of sp³-hybridized carbons (Fsp3) is 0.278. The highest BCUT2D eigenvalue weighted by Gasteiger charge is 2.36. The summed E-state index contributed by atoms with van der Waals surface area (Å²) in [6, 6.07) is 10.7. The van der Waals surface area contributed by atoms with Crippen molar-refractivity contribution in [2.45, 2.75) is 6.18 Å². The third kappa shape index (κ3) is 3.69. The molecule has 1 fully saturated rings. The van der Waals surface area contributed by atoms with Gasteiger partial charge in [0.15, 0.2) is 0 Å². The van der Waals surface area contributed by atoms with Crippen LogP contribution in [0.4, 0.5) is 24.8 Å². The molecule has 0 atom stereocenters. The number of anilines is 2. The Labute approximate surface area is 162 Å². The molecule has 9 heteroatoms. The van der Waals surface area contributed by atoms with Crippen molar-refractivity contribution in [3.63, 3.8) is 0 Å². The molecule has 0 aliphatic carbocycles. The summed E-state index contributed by atoms with van der Waals surface area (Å²) in [5.41, 5.74) is 0.280. The summed E-state index contributed by atoms with van der Waals surface area (Å²) in [7, 11) is 0. The molecule has 1 aliphatic rings. The number of aromatic nitrogens is 3. The van der Waals surface area contributed by atoms with Crippen molar-refractivity contribution in [3.8, 4) is 0 Å². The maximum absolute atomic E-state index is 13.3. The third-order valence-corrected chi connectivity index (χ3v) is 4.94. The zero-order valence-corrected chi connectivity index (χ0v) is 15.7. The molecule has 4 rings (SSSR count). The van der Waals surface area contributed by atoms with E-state index in [-0.39, 0.29) is 5.52 Å². The molecule has 0 bridgehead atoms. The first-order chi connectivity index (χ1) is 12.9. The Hall–Kier alpha value is -2.42. The van der Waals surface area contributed by atoms with Gasteiger partial charge in [0.2, 0.25) is 5.82 Å². The largest absolute Gasteiger partial charge is 0.451 e. The van der Waals surface area contributed by atoms with E-state index in [0.717, 1.165) is 10.3 Å². The number of rotatable bonds is 2. The Bertz CT molecular complexity index is 956. The van der Waals surface area contributed by atoms with Crippen LogP contribution in [-0.4, -0.2) is 41.1 Å². The second-order valence-electron chi connectivity index (χ2n) is 6.19. The van der Waals surface area contributed by atoms with Gasteiger partial charge < -0.3 is 9.80 Å². The maximum atomic E-state index is 13.3. The van der Waals surface area contributed by atoms with Crippen molar-refractivity contribution in [3.05, 3.63) is 52.9 Å². The van der Waals surface area contributed by atoms with E-state index < -0.39 is 12.0 Å². The number of alkyl halides is 3. The van der Waals surface area contributed by atoms with E-state index in [1.165, 1.54) is 0 Å². The van der Waals surface area contributed by atoms with Gasteiger partial charge in [0.05, 0.1) is 5.52 Å². The Morgan fingerprint density at radius 1 is 0.926 bits per heavy atom. The van der Waals surface area contributed by atoms with Crippen LogP contribution in [0.3, 0.4) is 0 Å². The number of fused-ring (bicyclic) bond motifs is 1. The van der Waals surface area contributed by atoms with Crippen molar-refractivity contribution in [1.29, 1.82) is 0 Å². The van der Waals surface area contributed by atoms with E-state index in [1.807, 2.05) is 23.1 Å². The van der Waals surface area contributed by atoms with Crippen LogP contribution in [0.1, 0.15) is 5.82 Å². The number of pyridine rings is 1. The molecule has 1 aliphatic heterocycles. The van der Waals surface area contributed by atoms with E-state index in [2.05, 4.69) is 35.8 Å². The quantitative estimate of drug-likeness (QED) is 0.602. The van der Waals surface area contributed by atoms with E-state index in [1.54, 1.807) is 24.4 Å². The lowest BCUT2D eigenvalue weighted by Gasteiger charge is -2.36. The highest BCUT2D eigenvalue weighted by Crippen LogP contribution is 2.33. The smallest absolute Gasteiger partial charge is 0.353 e. The molecule has 0 spiro atoms. The Morgan fingerprint density at radius 2 is 1.67 bits per heavy atom. The monoisotopic (exact) mass is 437 g/mol. The summed E-state index contributed by atoms with van der Waals surface area (Å²) < 4.78 is 40.5. The third-order valence-electron chi connectivity index (χ3n) is 4.44. The molecule has 1 saturated heterocycles. The van der Waals surface area contributed by atoms with Crippen LogP contribution in [-0.2, 0) is 6.18 Å². The predicted octanol–water partition coefficient (Wildman–Crippen LogP) is 4.13. The van der Waals surface area contributed by atoms with Gasteiger partial charge in [-0.15, -0.1) is 0 Å². The summed E-state index contributed by atoms with van der Waals surface area (Å²) in [6.45, 7) is 2.40. The van der Waals surface area contributed by atoms with Crippen molar-refractivity contribution in [2.24, 2.45) is 0 Å². The number of halogens is 4. The van der Waals surface area contributed by atoms with Gasteiger partial charge in [0.1, 0.15) is 11.6 Å². The SMILES string of the molecule is FC(F)(F)c1nc(N2CCN(c3ccccn3)CC2)c2cc(Br)ccc2n1. The molecule has 0 saturated carbocycles. The fourth-order valence-corrected chi connectivity index (χ4v) is 3.50. The lowest BCUT2D eigenvalue weighted by atomic mass is 10.2. The first kappa shape index (κ1) is 18.0. The van der Waals surface area contributed by atoms with Gasteiger partial charge in [0, 0.05) is 42.2 Å². The first-order valence-electron chi connectivity index (χ1n) is 8.37. The molecule has 2 aromatic heterocycles. The van der Waals surface area contributed by atoms with Crippen LogP contribution in [0.5, 0.6) is 0 Å².